The number of aromatic nitrogens is 1. The molecule has 7 nitrogen and oxygen atoms in total. The summed E-state index contributed by atoms with van der Waals surface area (Å²) in [6.45, 7) is 4.67. The molecular formula is C27H28ClN3O4S2. The average molecular weight is 558 g/mol. The maximum absolute atomic E-state index is 13.7. The number of piperidine rings is 1. The average Bonchev–Trinajstić information content (AvgIpc) is 3.60. The molecule has 0 radical (unpaired) electrons. The number of hydrogen-bond donors (Lipinski definition) is 0. The third kappa shape index (κ3) is 5.05. The molecule has 1 fully saturated rings. The van der Waals surface area contributed by atoms with Crippen LogP contribution in [-0.4, -0.2) is 36.2 Å². The number of carbonyl (C=O) groups is 1. The number of furan rings is 1. The molecule has 10 heteroatoms. The van der Waals surface area contributed by atoms with Gasteiger partial charge in [-0.1, -0.05) is 42.3 Å². The van der Waals surface area contributed by atoms with Crippen LogP contribution in [0.2, 0.25) is 5.02 Å². The lowest BCUT2D eigenvalue weighted by Gasteiger charge is -2.34. The highest BCUT2D eigenvalue weighted by Crippen LogP contribution is 2.37. The van der Waals surface area contributed by atoms with E-state index in [2.05, 4.69) is 0 Å². The molecule has 1 aliphatic rings. The molecule has 1 atom stereocenters. The molecule has 0 spiro atoms. The number of anilines is 1. The van der Waals surface area contributed by atoms with Gasteiger partial charge in [-0.15, -0.1) is 0 Å². The van der Waals surface area contributed by atoms with Gasteiger partial charge in [0.15, 0.2) is 5.13 Å². The van der Waals surface area contributed by atoms with E-state index in [9.17, 15) is 13.2 Å². The fraction of sp³-hybridized carbons (Fsp3) is 0.333. The minimum atomic E-state index is -3.64. The molecule has 0 aliphatic carbocycles. The molecule has 0 bridgehead atoms. The lowest BCUT2D eigenvalue weighted by molar-refractivity contribution is 0.0983. The lowest BCUT2D eigenvalue weighted by Crippen LogP contribution is -2.43. The summed E-state index contributed by atoms with van der Waals surface area (Å²) in [4.78, 5) is 20.2. The Hall–Kier alpha value is -2.72. The number of amides is 1. The van der Waals surface area contributed by atoms with Gasteiger partial charge in [0.1, 0.15) is 5.76 Å². The van der Waals surface area contributed by atoms with Gasteiger partial charge in [0.2, 0.25) is 10.0 Å². The van der Waals surface area contributed by atoms with Crippen LogP contribution in [0.1, 0.15) is 54.3 Å². The van der Waals surface area contributed by atoms with Crippen LogP contribution in [0.4, 0.5) is 5.13 Å². The number of hydrogen-bond acceptors (Lipinski definition) is 6. The van der Waals surface area contributed by atoms with Crippen molar-refractivity contribution in [2.75, 3.05) is 11.4 Å². The van der Waals surface area contributed by atoms with Crippen molar-refractivity contribution < 1.29 is 17.6 Å². The summed E-state index contributed by atoms with van der Waals surface area (Å²) in [7, 11) is -3.64. The highest BCUT2D eigenvalue weighted by molar-refractivity contribution is 7.89. The molecule has 194 valence electrons. The zero-order valence-electron chi connectivity index (χ0n) is 20.7. The molecular weight excluding hydrogens is 530 g/mol. The normalized spacial score (nSPS) is 16.8. The summed E-state index contributed by atoms with van der Waals surface area (Å²) >= 11 is 7.76. The molecule has 1 aliphatic heterocycles. The van der Waals surface area contributed by atoms with Crippen LogP contribution < -0.4 is 4.90 Å². The predicted octanol–water partition coefficient (Wildman–Crippen LogP) is 6.65. The Morgan fingerprint density at radius 3 is 2.65 bits per heavy atom. The molecule has 0 N–H and O–H groups in total. The smallest absolute Gasteiger partial charge is 0.260 e. The molecule has 0 saturated carbocycles. The number of sulfonamides is 1. The quantitative estimate of drug-likeness (QED) is 0.254. The minimum Gasteiger partial charge on any atom is -0.467 e. The Labute approximate surface area is 225 Å². The van der Waals surface area contributed by atoms with E-state index in [-0.39, 0.29) is 23.4 Å². The van der Waals surface area contributed by atoms with E-state index < -0.39 is 10.0 Å². The number of fused-ring (bicyclic) bond motifs is 1. The lowest BCUT2D eigenvalue weighted by atomic mass is 10.0. The number of rotatable bonds is 7. The van der Waals surface area contributed by atoms with Crippen LogP contribution in [0.3, 0.4) is 0 Å². The summed E-state index contributed by atoms with van der Waals surface area (Å²) in [5.41, 5.74) is 2.07. The first-order chi connectivity index (χ1) is 17.8. The summed E-state index contributed by atoms with van der Waals surface area (Å²) in [6.07, 6.45) is 5.11. The van der Waals surface area contributed by atoms with Crippen LogP contribution in [0.15, 0.2) is 64.1 Å². The number of thiazole rings is 1. The van der Waals surface area contributed by atoms with Crippen LogP contribution in [0.5, 0.6) is 0 Å². The Bertz CT molecular complexity index is 1480. The summed E-state index contributed by atoms with van der Waals surface area (Å²) < 4.78 is 34.7. The van der Waals surface area contributed by atoms with E-state index >= 15 is 0 Å². The second-order valence-electron chi connectivity index (χ2n) is 9.21. The monoisotopic (exact) mass is 557 g/mol. The second kappa shape index (κ2) is 10.6. The Balaban J connectivity index is 1.48. The van der Waals surface area contributed by atoms with E-state index in [0.717, 1.165) is 41.5 Å². The molecule has 1 saturated heterocycles. The maximum Gasteiger partial charge on any atom is 0.260 e. The second-order valence-corrected chi connectivity index (χ2v) is 12.5. The van der Waals surface area contributed by atoms with Gasteiger partial charge >= 0.3 is 0 Å². The van der Waals surface area contributed by atoms with Gasteiger partial charge in [-0.05, 0) is 74.2 Å². The largest absolute Gasteiger partial charge is 0.467 e. The number of halogens is 1. The van der Waals surface area contributed by atoms with Crippen molar-refractivity contribution in [3.8, 4) is 0 Å². The molecule has 1 amide bonds. The van der Waals surface area contributed by atoms with Gasteiger partial charge in [-0.2, -0.15) is 4.31 Å². The van der Waals surface area contributed by atoms with Crippen molar-refractivity contribution in [1.82, 2.24) is 9.29 Å². The van der Waals surface area contributed by atoms with Crippen LogP contribution in [0, 0.1) is 6.92 Å². The topological polar surface area (TPSA) is 83.7 Å². The Kier molecular flexibility index (Phi) is 7.40. The van der Waals surface area contributed by atoms with Gasteiger partial charge in [-0.25, -0.2) is 13.4 Å². The van der Waals surface area contributed by atoms with E-state index in [1.807, 2.05) is 26.0 Å². The van der Waals surface area contributed by atoms with Gasteiger partial charge in [0, 0.05) is 18.2 Å². The number of benzene rings is 2. The molecule has 5 rings (SSSR count). The molecule has 2 aromatic heterocycles. The fourth-order valence-corrected chi connectivity index (χ4v) is 7.83. The van der Waals surface area contributed by atoms with E-state index in [4.69, 9.17) is 21.0 Å². The van der Waals surface area contributed by atoms with Crippen LogP contribution in [0.25, 0.3) is 10.2 Å². The summed E-state index contributed by atoms with van der Waals surface area (Å²) in [6, 6.07) is 13.5. The number of carbonyl (C=O) groups excluding carboxylic acids is 1. The molecule has 2 aromatic carbocycles. The van der Waals surface area contributed by atoms with Gasteiger partial charge < -0.3 is 4.42 Å². The zero-order valence-corrected chi connectivity index (χ0v) is 23.1. The molecule has 4 aromatic rings. The SMILES string of the molecule is CCC1CCCCN1S(=O)(=O)c1ccc(C(=O)N(Cc2ccco2)c2nc3c(C)ccc(Cl)c3s2)cc1. The first-order valence-electron chi connectivity index (χ1n) is 12.3. The molecule has 1 unspecified atom stereocenters. The van der Waals surface area contributed by atoms with Crippen molar-refractivity contribution in [3.63, 3.8) is 0 Å². The van der Waals surface area contributed by atoms with Crippen molar-refractivity contribution in [2.45, 2.75) is 57.0 Å². The first-order valence-corrected chi connectivity index (χ1v) is 14.9. The predicted molar refractivity (Wildman–Crippen MR) is 147 cm³/mol. The third-order valence-electron chi connectivity index (χ3n) is 6.81. The van der Waals surface area contributed by atoms with Gasteiger partial charge in [0.25, 0.3) is 5.91 Å². The van der Waals surface area contributed by atoms with Gasteiger partial charge in [0.05, 0.1) is 32.9 Å². The minimum absolute atomic E-state index is 0.0122. The van der Waals surface area contributed by atoms with E-state index in [0.29, 0.717) is 28.0 Å². The number of nitrogens with zero attached hydrogens (tertiary/aromatic N) is 3. The highest BCUT2D eigenvalue weighted by atomic mass is 35.5. The standard InChI is InChI=1S/C27H28ClN3O4S2/c1-3-20-7-4-5-15-31(20)37(33,34)22-12-10-19(11-13-22)26(32)30(17-21-8-6-16-35-21)27-29-24-18(2)9-14-23(28)25(24)36-27/h6,8-14,16,20H,3-5,7,15,17H2,1-2H3. The Morgan fingerprint density at radius 1 is 1.19 bits per heavy atom. The van der Waals surface area contributed by atoms with Crippen LogP contribution in [-0.2, 0) is 16.6 Å². The zero-order chi connectivity index (χ0) is 26.2. The summed E-state index contributed by atoms with van der Waals surface area (Å²) in [5.74, 6) is 0.294. The van der Waals surface area contributed by atoms with E-state index in [1.54, 1.807) is 39.7 Å². The van der Waals surface area contributed by atoms with Gasteiger partial charge in [-0.3, -0.25) is 9.69 Å². The molecule has 37 heavy (non-hydrogen) atoms. The third-order valence-corrected chi connectivity index (χ3v) is 10.3. The van der Waals surface area contributed by atoms with Crippen molar-refractivity contribution in [2.24, 2.45) is 0 Å². The Morgan fingerprint density at radius 2 is 1.97 bits per heavy atom. The van der Waals surface area contributed by atoms with Crippen molar-refractivity contribution in [3.05, 3.63) is 76.7 Å². The van der Waals surface area contributed by atoms with Crippen molar-refractivity contribution >= 4 is 54.2 Å². The van der Waals surface area contributed by atoms with Crippen molar-refractivity contribution in [1.29, 1.82) is 0 Å². The van der Waals surface area contributed by atoms with E-state index in [1.165, 1.54) is 23.5 Å². The first kappa shape index (κ1) is 25.9. The highest BCUT2D eigenvalue weighted by Gasteiger charge is 2.33. The number of aryl methyl sites for hydroxylation is 1. The summed E-state index contributed by atoms with van der Waals surface area (Å²) in [5, 5.41) is 1.07. The fourth-order valence-electron chi connectivity index (χ4n) is 4.75. The molecule has 3 heterocycles. The van der Waals surface area contributed by atoms with Crippen LogP contribution >= 0.6 is 22.9 Å². The maximum atomic E-state index is 13.7.